The Balaban J connectivity index is 1.73. The van der Waals surface area contributed by atoms with Gasteiger partial charge in [-0.25, -0.2) is 4.98 Å². The fourth-order valence-corrected chi connectivity index (χ4v) is 2.94. The molecule has 24 heavy (non-hydrogen) atoms. The number of nitrogens with zero attached hydrogens (tertiary/aromatic N) is 1. The van der Waals surface area contributed by atoms with Gasteiger partial charge in [-0.2, -0.15) is 0 Å². The Morgan fingerprint density at radius 2 is 1.46 bits per heavy atom. The summed E-state index contributed by atoms with van der Waals surface area (Å²) in [5.41, 5.74) is 4.26. The molecule has 0 amide bonds. The van der Waals surface area contributed by atoms with Crippen molar-refractivity contribution in [3.05, 3.63) is 95.0 Å². The van der Waals surface area contributed by atoms with Crippen LogP contribution in [0.3, 0.4) is 0 Å². The van der Waals surface area contributed by atoms with E-state index in [1.165, 1.54) is 5.56 Å². The Labute approximate surface area is 145 Å². The number of nitrogens with one attached hydrogen (secondary N) is 2. The van der Waals surface area contributed by atoms with Crippen LogP contribution in [0.1, 0.15) is 17.2 Å². The maximum Gasteiger partial charge on any atom is 0.201 e. The number of aromatic nitrogens is 2. The second-order valence-electron chi connectivity index (χ2n) is 5.64. The van der Waals surface area contributed by atoms with Crippen molar-refractivity contribution in [2.75, 3.05) is 5.32 Å². The smallest absolute Gasteiger partial charge is 0.201 e. The molecule has 0 fully saturated rings. The summed E-state index contributed by atoms with van der Waals surface area (Å²) in [6.07, 6.45) is 0. The van der Waals surface area contributed by atoms with E-state index < -0.39 is 0 Å². The highest BCUT2D eigenvalue weighted by molar-refractivity contribution is 6.30. The zero-order valence-electron chi connectivity index (χ0n) is 12.9. The van der Waals surface area contributed by atoms with Crippen LogP contribution < -0.4 is 5.32 Å². The summed E-state index contributed by atoms with van der Waals surface area (Å²) in [4.78, 5) is 7.96. The lowest BCUT2D eigenvalue weighted by Crippen LogP contribution is -2.13. The number of imidazole rings is 1. The molecule has 2 N–H and O–H groups in total. The summed E-state index contributed by atoms with van der Waals surface area (Å²) in [5, 5.41) is 4.24. The Hall–Kier alpha value is -2.78. The molecule has 1 aromatic heterocycles. The maximum absolute atomic E-state index is 6.04. The first-order chi connectivity index (χ1) is 11.8. The van der Waals surface area contributed by atoms with Crippen LogP contribution in [0.25, 0.3) is 11.0 Å². The molecule has 0 aliphatic carbocycles. The summed E-state index contributed by atoms with van der Waals surface area (Å²) in [6.45, 7) is 0. The van der Waals surface area contributed by atoms with Crippen molar-refractivity contribution in [3.8, 4) is 0 Å². The molecule has 4 heteroatoms. The second kappa shape index (κ2) is 6.38. The molecule has 3 nitrogen and oxygen atoms in total. The molecule has 4 aromatic rings. The van der Waals surface area contributed by atoms with E-state index in [9.17, 15) is 0 Å². The van der Waals surface area contributed by atoms with Crippen molar-refractivity contribution in [1.29, 1.82) is 0 Å². The highest BCUT2D eigenvalue weighted by Crippen LogP contribution is 2.27. The van der Waals surface area contributed by atoms with Crippen molar-refractivity contribution < 1.29 is 0 Å². The number of para-hydroxylation sites is 2. The summed E-state index contributed by atoms with van der Waals surface area (Å²) < 4.78 is 0. The van der Waals surface area contributed by atoms with Crippen LogP contribution in [0.15, 0.2) is 78.9 Å². The van der Waals surface area contributed by atoms with Crippen LogP contribution in [0.2, 0.25) is 5.02 Å². The van der Waals surface area contributed by atoms with Gasteiger partial charge in [0.15, 0.2) is 0 Å². The number of aromatic amines is 1. The highest BCUT2D eigenvalue weighted by atomic mass is 35.5. The number of rotatable bonds is 4. The normalized spacial score (nSPS) is 12.2. The van der Waals surface area contributed by atoms with Gasteiger partial charge in [0.2, 0.25) is 5.95 Å². The Bertz CT molecular complexity index is 912. The summed E-state index contributed by atoms with van der Waals surface area (Å²) in [6, 6.07) is 26.2. The van der Waals surface area contributed by atoms with Crippen molar-refractivity contribution in [3.63, 3.8) is 0 Å². The van der Waals surface area contributed by atoms with Crippen LogP contribution in [-0.4, -0.2) is 9.97 Å². The van der Waals surface area contributed by atoms with Crippen LogP contribution >= 0.6 is 11.6 Å². The molecule has 1 heterocycles. The monoisotopic (exact) mass is 333 g/mol. The molecule has 0 unspecified atom stereocenters. The Morgan fingerprint density at radius 1 is 0.792 bits per heavy atom. The predicted molar refractivity (Wildman–Crippen MR) is 99.5 cm³/mol. The van der Waals surface area contributed by atoms with E-state index in [1.807, 2.05) is 66.7 Å². The molecular formula is C20H16ClN3. The molecule has 118 valence electrons. The van der Waals surface area contributed by atoms with Crippen molar-refractivity contribution in [1.82, 2.24) is 9.97 Å². The first-order valence-electron chi connectivity index (χ1n) is 7.81. The molecule has 1 atom stereocenters. The molecule has 0 spiro atoms. The number of anilines is 1. The van der Waals surface area contributed by atoms with Crippen LogP contribution in [0, 0.1) is 0 Å². The van der Waals surface area contributed by atoms with Crippen molar-refractivity contribution in [2.45, 2.75) is 6.04 Å². The third-order valence-corrected chi connectivity index (χ3v) is 4.26. The Kier molecular flexibility index (Phi) is 3.93. The number of hydrogen-bond acceptors (Lipinski definition) is 2. The van der Waals surface area contributed by atoms with E-state index in [-0.39, 0.29) is 6.04 Å². The van der Waals surface area contributed by atoms with Crippen LogP contribution in [0.5, 0.6) is 0 Å². The minimum atomic E-state index is -0.0102. The average molecular weight is 334 g/mol. The number of fused-ring (bicyclic) bond motifs is 1. The quantitative estimate of drug-likeness (QED) is 0.523. The van der Waals surface area contributed by atoms with E-state index in [4.69, 9.17) is 11.6 Å². The van der Waals surface area contributed by atoms with Crippen molar-refractivity contribution in [2.24, 2.45) is 0 Å². The van der Waals surface area contributed by atoms with Gasteiger partial charge in [-0.1, -0.05) is 66.2 Å². The lowest BCUT2D eigenvalue weighted by molar-refractivity contribution is 0.920. The van der Waals surface area contributed by atoms with Gasteiger partial charge in [0.05, 0.1) is 17.1 Å². The Morgan fingerprint density at radius 3 is 2.21 bits per heavy atom. The average Bonchev–Trinajstić information content (AvgIpc) is 3.04. The van der Waals surface area contributed by atoms with Gasteiger partial charge >= 0.3 is 0 Å². The van der Waals surface area contributed by atoms with Gasteiger partial charge in [-0.05, 0) is 35.4 Å². The molecule has 0 saturated heterocycles. The fraction of sp³-hybridized carbons (Fsp3) is 0.0500. The number of benzene rings is 3. The molecule has 4 rings (SSSR count). The summed E-state index contributed by atoms with van der Waals surface area (Å²) in [7, 11) is 0. The topological polar surface area (TPSA) is 40.7 Å². The van der Waals surface area contributed by atoms with Gasteiger partial charge in [-0.3, -0.25) is 0 Å². The minimum absolute atomic E-state index is 0.0102. The standard InChI is InChI=1S/C20H16ClN3/c21-16-12-10-15(11-13-16)19(14-6-2-1-3-7-14)24-20-22-17-8-4-5-9-18(17)23-20/h1-13,19H,(H2,22,23,24)/t19-/m1/s1. The lowest BCUT2D eigenvalue weighted by Gasteiger charge is -2.19. The van der Waals surface area contributed by atoms with E-state index >= 15 is 0 Å². The predicted octanol–water partition coefficient (Wildman–Crippen LogP) is 5.42. The second-order valence-corrected chi connectivity index (χ2v) is 6.08. The lowest BCUT2D eigenvalue weighted by atomic mass is 9.99. The maximum atomic E-state index is 6.04. The zero-order chi connectivity index (χ0) is 16.4. The number of H-pyrrole nitrogens is 1. The summed E-state index contributed by atoms with van der Waals surface area (Å²) >= 11 is 6.04. The highest BCUT2D eigenvalue weighted by Gasteiger charge is 2.15. The minimum Gasteiger partial charge on any atom is -0.345 e. The number of halogens is 1. The van der Waals surface area contributed by atoms with Gasteiger partial charge in [0.25, 0.3) is 0 Å². The largest absolute Gasteiger partial charge is 0.345 e. The molecule has 0 bridgehead atoms. The fourth-order valence-electron chi connectivity index (χ4n) is 2.82. The molecule has 3 aromatic carbocycles. The molecule has 0 radical (unpaired) electrons. The molecule has 0 aliphatic heterocycles. The third kappa shape index (κ3) is 2.99. The van der Waals surface area contributed by atoms with Gasteiger partial charge in [0.1, 0.15) is 0 Å². The third-order valence-electron chi connectivity index (χ3n) is 4.01. The van der Waals surface area contributed by atoms with Crippen LogP contribution in [-0.2, 0) is 0 Å². The van der Waals surface area contributed by atoms with Gasteiger partial charge < -0.3 is 10.3 Å². The van der Waals surface area contributed by atoms with Gasteiger partial charge in [0, 0.05) is 5.02 Å². The van der Waals surface area contributed by atoms with E-state index in [0.717, 1.165) is 27.6 Å². The summed E-state index contributed by atoms with van der Waals surface area (Å²) in [5.74, 6) is 0.750. The van der Waals surface area contributed by atoms with E-state index in [2.05, 4.69) is 27.4 Å². The molecule has 0 saturated carbocycles. The van der Waals surface area contributed by atoms with Gasteiger partial charge in [-0.15, -0.1) is 0 Å². The SMILES string of the molecule is Clc1ccc([C@H](Nc2nc3ccccc3[nH]2)c2ccccc2)cc1. The number of hydrogen-bond donors (Lipinski definition) is 2. The first kappa shape index (κ1) is 14.8. The van der Waals surface area contributed by atoms with E-state index in [0.29, 0.717) is 0 Å². The van der Waals surface area contributed by atoms with E-state index in [1.54, 1.807) is 0 Å². The molecular weight excluding hydrogens is 318 g/mol. The zero-order valence-corrected chi connectivity index (χ0v) is 13.7. The molecule has 0 aliphatic rings. The first-order valence-corrected chi connectivity index (χ1v) is 8.19. The van der Waals surface area contributed by atoms with Crippen LogP contribution in [0.4, 0.5) is 5.95 Å². The van der Waals surface area contributed by atoms with Crippen molar-refractivity contribution >= 4 is 28.6 Å².